The summed E-state index contributed by atoms with van der Waals surface area (Å²) in [4.78, 5) is 2.01. The fraction of sp³-hybridized carbons (Fsp3) is 1.00. The van der Waals surface area contributed by atoms with Crippen LogP contribution in [-0.4, -0.2) is 61.3 Å². The highest BCUT2D eigenvalue weighted by Gasteiger charge is 2.15. The number of thioether (sulfide) groups is 1. The Morgan fingerprint density at radius 2 is 2.36 bits per heavy atom. The molecule has 84 valence electrons. The summed E-state index contributed by atoms with van der Waals surface area (Å²) in [5, 5.41) is 12.9. The lowest BCUT2D eigenvalue weighted by molar-refractivity contribution is 0.134. The first-order chi connectivity index (χ1) is 6.68. The van der Waals surface area contributed by atoms with Crippen LogP contribution in [0.2, 0.25) is 0 Å². The molecule has 0 radical (unpaired) electrons. The molecule has 1 aliphatic rings. The van der Waals surface area contributed by atoms with Gasteiger partial charge in [0.1, 0.15) is 0 Å². The number of rotatable bonds is 6. The number of likely N-dealkylation sites (N-methyl/N-ethyl adjacent to an activating group) is 1. The Bertz CT molecular complexity index is 149. The molecule has 2 unspecified atom stereocenters. The average Bonchev–Trinajstić information content (AvgIpc) is 2.55. The van der Waals surface area contributed by atoms with Crippen LogP contribution >= 0.6 is 11.8 Å². The summed E-state index contributed by atoms with van der Waals surface area (Å²) in [5.74, 6) is 3.43. The van der Waals surface area contributed by atoms with Crippen LogP contribution in [0.3, 0.4) is 0 Å². The first kappa shape index (κ1) is 12.3. The van der Waals surface area contributed by atoms with E-state index in [1.807, 2.05) is 30.8 Å². The molecule has 0 aromatic heterocycles. The second-order valence-corrected chi connectivity index (χ2v) is 5.45. The minimum absolute atomic E-state index is 0.237. The number of aliphatic hydroxyl groups excluding tert-OH is 1. The van der Waals surface area contributed by atoms with Crippen molar-refractivity contribution in [1.29, 1.82) is 0 Å². The molecule has 1 saturated heterocycles. The van der Waals surface area contributed by atoms with Gasteiger partial charge in [-0.05, 0) is 44.5 Å². The zero-order valence-corrected chi connectivity index (χ0v) is 10.0. The molecule has 2 N–H and O–H groups in total. The lowest BCUT2D eigenvalue weighted by atomic mass is 10.1. The third-order valence-electron chi connectivity index (χ3n) is 2.41. The van der Waals surface area contributed by atoms with Crippen LogP contribution in [0.15, 0.2) is 0 Å². The Morgan fingerprint density at radius 1 is 1.57 bits per heavy atom. The van der Waals surface area contributed by atoms with E-state index in [9.17, 15) is 5.11 Å². The summed E-state index contributed by atoms with van der Waals surface area (Å²) in [5.41, 5.74) is 0. The van der Waals surface area contributed by atoms with E-state index in [1.165, 1.54) is 17.9 Å². The molecule has 0 aromatic rings. The molecule has 0 aromatic carbocycles. The van der Waals surface area contributed by atoms with Gasteiger partial charge in [-0.3, -0.25) is 0 Å². The highest BCUT2D eigenvalue weighted by Crippen LogP contribution is 2.22. The minimum atomic E-state index is -0.237. The van der Waals surface area contributed by atoms with E-state index in [2.05, 4.69) is 5.32 Å². The van der Waals surface area contributed by atoms with Crippen molar-refractivity contribution in [2.24, 2.45) is 5.92 Å². The summed E-state index contributed by atoms with van der Waals surface area (Å²) >= 11 is 2.04. The molecule has 0 bridgehead atoms. The van der Waals surface area contributed by atoms with E-state index in [1.54, 1.807) is 0 Å². The Balaban J connectivity index is 1.96. The molecule has 0 saturated carbocycles. The van der Waals surface area contributed by atoms with Crippen LogP contribution in [0, 0.1) is 5.92 Å². The summed E-state index contributed by atoms with van der Waals surface area (Å²) in [6, 6.07) is 0. The number of hydrogen-bond donors (Lipinski definition) is 2. The Labute approximate surface area is 91.2 Å². The van der Waals surface area contributed by atoms with Crippen LogP contribution in [0.5, 0.6) is 0 Å². The summed E-state index contributed by atoms with van der Waals surface area (Å²) in [6.45, 7) is 2.53. The largest absolute Gasteiger partial charge is 0.390 e. The van der Waals surface area contributed by atoms with Gasteiger partial charge < -0.3 is 15.3 Å². The molecule has 1 aliphatic heterocycles. The fourth-order valence-corrected chi connectivity index (χ4v) is 2.97. The second-order valence-electron chi connectivity index (χ2n) is 4.30. The van der Waals surface area contributed by atoms with E-state index in [0.29, 0.717) is 0 Å². The summed E-state index contributed by atoms with van der Waals surface area (Å²) in [7, 11) is 3.97. The molecule has 0 amide bonds. The van der Waals surface area contributed by atoms with Gasteiger partial charge in [-0.1, -0.05) is 0 Å². The van der Waals surface area contributed by atoms with Crippen LogP contribution < -0.4 is 5.32 Å². The molecule has 1 fully saturated rings. The first-order valence-corrected chi connectivity index (χ1v) is 6.45. The monoisotopic (exact) mass is 218 g/mol. The maximum atomic E-state index is 9.58. The Kier molecular flexibility index (Phi) is 5.86. The number of aliphatic hydroxyl groups is 1. The van der Waals surface area contributed by atoms with Gasteiger partial charge >= 0.3 is 0 Å². The third-order valence-corrected chi connectivity index (χ3v) is 3.64. The molecule has 0 aliphatic carbocycles. The quantitative estimate of drug-likeness (QED) is 0.670. The van der Waals surface area contributed by atoms with Gasteiger partial charge in [0.2, 0.25) is 0 Å². The van der Waals surface area contributed by atoms with Gasteiger partial charge in [-0.2, -0.15) is 11.8 Å². The molecule has 2 atom stereocenters. The molecule has 1 heterocycles. The first-order valence-electron chi connectivity index (χ1n) is 5.29. The van der Waals surface area contributed by atoms with Crippen LogP contribution in [0.4, 0.5) is 0 Å². The van der Waals surface area contributed by atoms with E-state index < -0.39 is 0 Å². The fourth-order valence-electron chi connectivity index (χ4n) is 1.68. The van der Waals surface area contributed by atoms with E-state index in [-0.39, 0.29) is 6.10 Å². The molecular weight excluding hydrogens is 196 g/mol. The molecule has 14 heavy (non-hydrogen) atoms. The highest BCUT2D eigenvalue weighted by molar-refractivity contribution is 7.99. The van der Waals surface area contributed by atoms with Crippen molar-refractivity contribution in [3.8, 4) is 0 Å². The second kappa shape index (κ2) is 6.67. The van der Waals surface area contributed by atoms with E-state index in [4.69, 9.17) is 0 Å². The zero-order valence-electron chi connectivity index (χ0n) is 9.20. The lowest BCUT2D eigenvalue weighted by Gasteiger charge is -2.17. The SMILES string of the molecule is CN(C)CC(O)CNCC1CCSC1. The van der Waals surface area contributed by atoms with Crippen molar-refractivity contribution in [2.45, 2.75) is 12.5 Å². The predicted molar refractivity (Wildman–Crippen MR) is 62.9 cm³/mol. The molecule has 0 spiro atoms. The van der Waals surface area contributed by atoms with Crippen molar-refractivity contribution >= 4 is 11.8 Å². The van der Waals surface area contributed by atoms with Gasteiger partial charge in [0, 0.05) is 13.1 Å². The highest BCUT2D eigenvalue weighted by atomic mass is 32.2. The van der Waals surface area contributed by atoms with Crippen LogP contribution in [0.1, 0.15) is 6.42 Å². The van der Waals surface area contributed by atoms with Crippen molar-refractivity contribution < 1.29 is 5.11 Å². The lowest BCUT2D eigenvalue weighted by Crippen LogP contribution is -2.36. The standard InChI is InChI=1S/C10H22N2OS/c1-12(2)7-10(13)6-11-5-9-3-4-14-8-9/h9-11,13H,3-8H2,1-2H3. The van der Waals surface area contributed by atoms with Crippen molar-refractivity contribution in [1.82, 2.24) is 10.2 Å². The maximum Gasteiger partial charge on any atom is 0.0791 e. The van der Waals surface area contributed by atoms with Crippen LogP contribution in [-0.2, 0) is 0 Å². The number of nitrogens with zero attached hydrogens (tertiary/aromatic N) is 1. The zero-order chi connectivity index (χ0) is 10.4. The Hall–Kier alpha value is 0.230. The van der Waals surface area contributed by atoms with Crippen LogP contribution in [0.25, 0.3) is 0 Å². The van der Waals surface area contributed by atoms with Gasteiger partial charge in [-0.15, -0.1) is 0 Å². The number of nitrogens with one attached hydrogen (secondary N) is 1. The molecule has 3 nitrogen and oxygen atoms in total. The molecule has 1 rings (SSSR count). The topological polar surface area (TPSA) is 35.5 Å². The Morgan fingerprint density at radius 3 is 2.93 bits per heavy atom. The average molecular weight is 218 g/mol. The summed E-state index contributed by atoms with van der Waals surface area (Å²) in [6.07, 6.45) is 1.10. The van der Waals surface area contributed by atoms with Crippen molar-refractivity contribution in [2.75, 3.05) is 45.2 Å². The third kappa shape index (κ3) is 5.20. The molecular formula is C10H22N2OS. The van der Waals surface area contributed by atoms with Gasteiger partial charge in [0.15, 0.2) is 0 Å². The maximum absolute atomic E-state index is 9.58. The number of hydrogen-bond acceptors (Lipinski definition) is 4. The predicted octanol–water partition coefficient (Wildman–Crippen LogP) is 0.252. The van der Waals surface area contributed by atoms with Crippen molar-refractivity contribution in [3.63, 3.8) is 0 Å². The van der Waals surface area contributed by atoms with Gasteiger partial charge in [0.25, 0.3) is 0 Å². The van der Waals surface area contributed by atoms with Gasteiger partial charge in [-0.25, -0.2) is 0 Å². The normalized spacial score (nSPS) is 24.4. The summed E-state index contributed by atoms with van der Waals surface area (Å²) < 4.78 is 0. The smallest absolute Gasteiger partial charge is 0.0791 e. The molecule has 4 heteroatoms. The van der Waals surface area contributed by atoms with Crippen molar-refractivity contribution in [3.05, 3.63) is 0 Å². The minimum Gasteiger partial charge on any atom is -0.390 e. The van der Waals surface area contributed by atoms with E-state index in [0.717, 1.165) is 25.6 Å². The van der Waals surface area contributed by atoms with E-state index >= 15 is 0 Å². The van der Waals surface area contributed by atoms with Gasteiger partial charge in [0.05, 0.1) is 6.10 Å².